The highest BCUT2D eigenvalue weighted by molar-refractivity contribution is 8.00. The zero-order valence-electron chi connectivity index (χ0n) is 10.6. The number of carboxylic acids is 1. The molecule has 0 saturated carbocycles. The minimum Gasteiger partial charge on any atom is -0.480 e. The van der Waals surface area contributed by atoms with Gasteiger partial charge in [-0.25, -0.2) is 4.79 Å². The van der Waals surface area contributed by atoms with Crippen LogP contribution in [-0.2, 0) is 19.1 Å². The number of carboxylic acid groups (broad SMARTS) is 1. The van der Waals surface area contributed by atoms with Gasteiger partial charge in [0.1, 0.15) is 6.04 Å². The number of unbranched alkanes of at least 4 members (excludes halogenated alkanes) is 1. The average molecular weight is 277 g/mol. The van der Waals surface area contributed by atoms with Gasteiger partial charge in [-0.05, 0) is 6.42 Å². The lowest BCUT2D eigenvalue weighted by atomic mass is 10.3. The van der Waals surface area contributed by atoms with Crippen LogP contribution in [0.4, 0.5) is 0 Å². The van der Waals surface area contributed by atoms with Crippen LogP contribution in [0.5, 0.6) is 0 Å². The molecule has 0 aromatic heterocycles. The molecule has 0 aliphatic carbocycles. The first-order chi connectivity index (χ1) is 8.47. The summed E-state index contributed by atoms with van der Waals surface area (Å²) in [5.74, 6) is -1.66. The summed E-state index contributed by atoms with van der Waals surface area (Å²) in [4.78, 5) is 32.7. The van der Waals surface area contributed by atoms with Gasteiger partial charge >= 0.3 is 11.9 Å². The molecule has 1 amide bonds. The van der Waals surface area contributed by atoms with Gasteiger partial charge in [0, 0.05) is 12.7 Å². The van der Waals surface area contributed by atoms with Gasteiger partial charge in [-0.3, -0.25) is 9.59 Å². The number of amides is 1. The number of carbonyl (C=O) groups excluding carboxylic acids is 2. The molecule has 6 nitrogen and oxygen atoms in total. The van der Waals surface area contributed by atoms with E-state index in [1.54, 1.807) is 0 Å². The molecule has 2 N–H and O–H groups in total. The number of hydrogen-bond acceptors (Lipinski definition) is 5. The largest absolute Gasteiger partial charge is 0.480 e. The van der Waals surface area contributed by atoms with Crippen molar-refractivity contribution >= 4 is 29.6 Å². The van der Waals surface area contributed by atoms with Crippen LogP contribution in [0.2, 0.25) is 0 Å². The number of carbonyl (C=O) groups is 3. The van der Waals surface area contributed by atoms with Crippen LogP contribution in [-0.4, -0.2) is 47.1 Å². The lowest BCUT2D eigenvalue weighted by Crippen LogP contribution is -2.41. The van der Waals surface area contributed by atoms with E-state index in [-0.39, 0.29) is 17.5 Å². The first-order valence-electron chi connectivity index (χ1n) is 5.70. The van der Waals surface area contributed by atoms with Crippen LogP contribution < -0.4 is 5.32 Å². The summed E-state index contributed by atoms with van der Waals surface area (Å²) in [6, 6.07) is -0.976. The van der Waals surface area contributed by atoms with E-state index in [0.717, 1.165) is 24.6 Å². The molecule has 0 spiro atoms. The smallest absolute Gasteiger partial charge is 0.327 e. The third-order valence-corrected chi connectivity index (χ3v) is 2.95. The second-order valence-electron chi connectivity index (χ2n) is 3.68. The molecule has 0 fully saturated rings. The van der Waals surface area contributed by atoms with Crippen LogP contribution in [0.25, 0.3) is 0 Å². The number of esters is 1. The van der Waals surface area contributed by atoms with Crippen molar-refractivity contribution < 1.29 is 24.2 Å². The minimum atomic E-state index is -1.11. The van der Waals surface area contributed by atoms with E-state index in [0.29, 0.717) is 6.61 Å². The molecule has 0 aliphatic heterocycles. The molecule has 0 saturated heterocycles. The predicted octanol–water partition coefficient (Wildman–Crippen LogP) is 0.652. The highest BCUT2D eigenvalue weighted by Crippen LogP contribution is 2.05. The molecule has 0 rings (SSSR count). The fourth-order valence-corrected chi connectivity index (χ4v) is 1.88. The summed E-state index contributed by atoms with van der Waals surface area (Å²) < 4.78 is 4.91. The molecule has 0 radical (unpaired) electrons. The van der Waals surface area contributed by atoms with Crippen molar-refractivity contribution in [2.45, 2.75) is 32.7 Å². The maximum Gasteiger partial charge on any atom is 0.327 e. The molecule has 104 valence electrons. The molecule has 1 unspecified atom stereocenters. The molecular formula is C11H19NO5S. The quantitative estimate of drug-likeness (QED) is 0.475. The number of ether oxygens (including phenoxy) is 1. The van der Waals surface area contributed by atoms with E-state index in [2.05, 4.69) is 5.32 Å². The molecule has 18 heavy (non-hydrogen) atoms. The standard InChI is InChI=1S/C11H19NO5S/c1-3-4-5-17-10(14)7-18-6-9(11(15)16)12-8(2)13/h9H,3-7H2,1-2H3,(H,12,13)(H,15,16). The van der Waals surface area contributed by atoms with Crippen molar-refractivity contribution in [3.8, 4) is 0 Å². The fourth-order valence-electron chi connectivity index (χ4n) is 1.05. The summed E-state index contributed by atoms with van der Waals surface area (Å²) in [6.07, 6.45) is 1.77. The Labute approximate surface area is 110 Å². The van der Waals surface area contributed by atoms with Crippen LogP contribution in [0.15, 0.2) is 0 Å². The number of aliphatic carboxylic acids is 1. The average Bonchev–Trinajstić information content (AvgIpc) is 2.27. The first-order valence-corrected chi connectivity index (χ1v) is 6.86. The van der Waals surface area contributed by atoms with E-state index in [4.69, 9.17) is 9.84 Å². The highest BCUT2D eigenvalue weighted by Gasteiger charge is 2.18. The number of hydrogen-bond donors (Lipinski definition) is 2. The number of thioether (sulfide) groups is 1. The lowest BCUT2D eigenvalue weighted by molar-refractivity contribution is -0.141. The van der Waals surface area contributed by atoms with E-state index in [1.165, 1.54) is 6.92 Å². The molecule has 0 bridgehead atoms. The minimum absolute atomic E-state index is 0.0904. The Bertz CT molecular complexity index is 295. The van der Waals surface area contributed by atoms with Gasteiger partial charge in [-0.1, -0.05) is 13.3 Å². The summed E-state index contributed by atoms with van der Waals surface area (Å²) >= 11 is 1.13. The second kappa shape index (κ2) is 9.76. The topological polar surface area (TPSA) is 92.7 Å². The van der Waals surface area contributed by atoms with E-state index in [1.807, 2.05) is 6.92 Å². The lowest BCUT2D eigenvalue weighted by Gasteiger charge is -2.12. The molecular weight excluding hydrogens is 258 g/mol. The SMILES string of the molecule is CCCCOC(=O)CSCC(NC(C)=O)C(=O)O. The van der Waals surface area contributed by atoms with Gasteiger partial charge in [0.05, 0.1) is 12.4 Å². The Morgan fingerprint density at radius 1 is 1.39 bits per heavy atom. The Hall–Kier alpha value is -1.24. The van der Waals surface area contributed by atoms with Crippen molar-refractivity contribution in [3.05, 3.63) is 0 Å². The van der Waals surface area contributed by atoms with Crippen LogP contribution in [0.1, 0.15) is 26.7 Å². The summed E-state index contributed by atoms with van der Waals surface area (Å²) in [5.41, 5.74) is 0. The number of rotatable bonds is 9. The van der Waals surface area contributed by atoms with Gasteiger partial charge in [0.15, 0.2) is 0 Å². The van der Waals surface area contributed by atoms with Crippen molar-refractivity contribution in [1.29, 1.82) is 0 Å². The Morgan fingerprint density at radius 2 is 2.06 bits per heavy atom. The first kappa shape index (κ1) is 16.8. The molecule has 0 heterocycles. The van der Waals surface area contributed by atoms with Crippen LogP contribution >= 0.6 is 11.8 Å². The van der Waals surface area contributed by atoms with E-state index in [9.17, 15) is 14.4 Å². The second-order valence-corrected chi connectivity index (χ2v) is 4.71. The zero-order valence-corrected chi connectivity index (χ0v) is 11.4. The van der Waals surface area contributed by atoms with Crippen molar-refractivity contribution in [3.63, 3.8) is 0 Å². The van der Waals surface area contributed by atoms with Gasteiger partial charge in [-0.15, -0.1) is 11.8 Å². The molecule has 0 aromatic carbocycles. The molecule has 0 aromatic rings. The Morgan fingerprint density at radius 3 is 2.56 bits per heavy atom. The van der Waals surface area contributed by atoms with Crippen molar-refractivity contribution in [2.24, 2.45) is 0 Å². The molecule has 0 aliphatic rings. The normalized spacial score (nSPS) is 11.7. The maximum absolute atomic E-state index is 11.2. The van der Waals surface area contributed by atoms with Gasteiger partial charge in [0.2, 0.25) is 5.91 Å². The highest BCUT2D eigenvalue weighted by atomic mass is 32.2. The maximum atomic E-state index is 11.2. The third kappa shape index (κ3) is 8.86. The van der Waals surface area contributed by atoms with Gasteiger partial charge in [0.25, 0.3) is 0 Å². The van der Waals surface area contributed by atoms with Gasteiger partial charge < -0.3 is 15.2 Å². The van der Waals surface area contributed by atoms with E-state index < -0.39 is 17.9 Å². The Kier molecular flexibility index (Phi) is 9.08. The Balaban J connectivity index is 3.81. The van der Waals surface area contributed by atoms with E-state index >= 15 is 0 Å². The summed E-state index contributed by atoms with van der Waals surface area (Å²) in [5, 5.41) is 11.1. The predicted molar refractivity (Wildman–Crippen MR) is 68.4 cm³/mol. The van der Waals surface area contributed by atoms with Crippen molar-refractivity contribution in [1.82, 2.24) is 5.32 Å². The van der Waals surface area contributed by atoms with Crippen LogP contribution in [0.3, 0.4) is 0 Å². The third-order valence-electron chi connectivity index (χ3n) is 1.94. The number of nitrogens with one attached hydrogen (secondary N) is 1. The monoisotopic (exact) mass is 277 g/mol. The van der Waals surface area contributed by atoms with Gasteiger partial charge in [-0.2, -0.15) is 0 Å². The molecule has 1 atom stereocenters. The van der Waals surface area contributed by atoms with Crippen molar-refractivity contribution in [2.75, 3.05) is 18.1 Å². The zero-order chi connectivity index (χ0) is 14.0. The summed E-state index contributed by atoms with van der Waals surface area (Å²) in [6.45, 7) is 3.64. The fraction of sp³-hybridized carbons (Fsp3) is 0.727. The molecule has 7 heteroatoms. The van der Waals surface area contributed by atoms with Crippen LogP contribution in [0, 0.1) is 0 Å². The summed E-state index contributed by atoms with van der Waals surface area (Å²) in [7, 11) is 0.